The molecular formula is C12H16N6O2S. The Balaban J connectivity index is 1.63. The van der Waals surface area contributed by atoms with Crippen LogP contribution < -0.4 is 10.6 Å². The Morgan fingerprint density at radius 2 is 2.38 bits per heavy atom. The minimum Gasteiger partial charge on any atom is -0.368 e. The summed E-state index contributed by atoms with van der Waals surface area (Å²) >= 11 is 1.33. The lowest BCUT2D eigenvalue weighted by Gasteiger charge is -2.19. The topological polar surface area (TPSA) is 94.0 Å². The van der Waals surface area contributed by atoms with Gasteiger partial charge in [0.1, 0.15) is 16.9 Å². The van der Waals surface area contributed by atoms with E-state index in [1.807, 2.05) is 24.7 Å². The van der Waals surface area contributed by atoms with Gasteiger partial charge in [-0.2, -0.15) is 0 Å². The number of urea groups is 1. The van der Waals surface area contributed by atoms with Crippen LogP contribution in [0.2, 0.25) is 0 Å². The molecule has 3 heterocycles. The van der Waals surface area contributed by atoms with Crippen molar-refractivity contribution >= 4 is 22.5 Å². The lowest BCUT2D eigenvalue weighted by molar-refractivity contribution is 0.0913. The van der Waals surface area contributed by atoms with Crippen LogP contribution in [0.25, 0.3) is 0 Å². The average molecular weight is 308 g/mol. The molecule has 1 saturated heterocycles. The second-order valence-corrected chi connectivity index (χ2v) is 5.99. The summed E-state index contributed by atoms with van der Waals surface area (Å²) in [5, 5.41) is 14.6. The third-order valence-electron chi connectivity index (χ3n) is 3.27. The number of imidazole rings is 1. The van der Waals surface area contributed by atoms with Gasteiger partial charge in [-0.25, -0.2) is 9.78 Å². The number of hydrogen-bond donors (Lipinski definition) is 2. The molecule has 2 aromatic rings. The average Bonchev–Trinajstić information content (AvgIpc) is 3.12. The molecule has 0 bridgehead atoms. The van der Waals surface area contributed by atoms with Gasteiger partial charge >= 0.3 is 6.03 Å². The predicted octanol–water partition coefficient (Wildman–Crippen LogP) is 1.23. The molecule has 0 spiro atoms. The molecule has 1 aliphatic heterocycles. The third kappa shape index (κ3) is 3.03. The second-order valence-electron chi connectivity index (χ2n) is 4.81. The van der Waals surface area contributed by atoms with E-state index in [2.05, 4.69) is 25.8 Å². The van der Waals surface area contributed by atoms with Crippen LogP contribution >= 0.6 is 11.3 Å². The maximum atomic E-state index is 12.0. The zero-order valence-corrected chi connectivity index (χ0v) is 12.6. The molecule has 8 nitrogen and oxygen atoms in total. The summed E-state index contributed by atoms with van der Waals surface area (Å²) in [6.07, 6.45) is 4.10. The summed E-state index contributed by atoms with van der Waals surface area (Å²) in [5.74, 6) is 0.810. The van der Waals surface area contributed by atoms with Crippen LogP contribution in [0.15, 0.2) is 12.4 Å². The summed E-state index contributed by atoms with van der Waals surface area (Å²) in [6, 6.07) is -0.416. The summed E-state index contributed by atoms with van der Waals surface area (Å²) in [7, 11) is 1.91. The number of hydrogen-bond acceptors (Lipinski definition) is 6. The standard InChI is InChI=1S/C12H16N6O2S/c1-7-16-17-12(21-7)15-11(19)14-8-3-6-20-9(8)10-13-4-5-18(10)2/h4-5,8-9H,3,6H2,1-2H3,(H2,14,15,17,19)/t8-,9-/m0/s1. The largest absolute Gasteiger partial charge is 0.368 e. The smallest absolute Gasteiger partial charge is 0.321 e. The summed E-state index contributed by atoms with van der Waals surface area (Å²) in [4.78, 5) is 16.3. The predicted molar refractivity (Wildman–Crippen MR) is 77.1 cm³/mol. The number of amides is 2. The molecule has 3 rings (SSSR count). The van der Waals surface area contributed by atoms with E-state index in [0.29, 0.717) is 11.7 Å². The molecule has 2 atom stereocenters. The second kappa shape index (κ2) is 5.78. The van der Waals surface area contributed by atoms with Gasteiger partial charge in [0, 0.05) is 26.0 Å². The molecule has 2 N–H and O–H groups in total. The Labute approximate surface area is 125 Å². The quantitative estimate of drug-likeness (QED) is 0.889. The van der Waals surface area contributed by atoms with E-state index in [9.17, 15) is 4.79 Å². The van der Waals surface area contributed by atoms with E-state index in [1.165, 1.54) is 11.3 Å². The molecule has 1 fully saturated rings. The van der Waals surface area contributed by atoms with E-state index in [1.54, 1.807) is 6.20 Å². The van der Waals surface area contributed by atoms with Gasteiger partial charge in [-0.3, -0.25) is 5.32 Å². The summed E-state index contributed by atoms with van der Waals surface area (Å²) in [5.41, 5.74) is 0. The van der Waals surface area contributed by atoms with Crippen molar-refractivity contribution in [1.82, 2.24) is 25.1 Å². The first-order valence-electron chi connectivity index (χ1n) is 6.60. The van der Waals surface area contributed by atoms with Crippen LogP contribution in [0.4, 0.5) is 9.93 Å². The van der Waals surface area contributed by atoms with Gasteiger partial charge in [-0.1, -0.05) is 11.3 Å². The van der Waals surface area contributed by atoms with E-state index >= 15 is 0 Å². The van der Waals surface area contributed by atoms with Gasteiger partial charge in [0.15, 0.2) is 0 Å². The Bertz CT molecular complexity index is 639. The molecule has 0 aromatic carbocycles. The lowest BCUT2D eigenvalue weighted by atomic mass is 10.1. The van der Waals surface area contributed by atoms with Crippen molar-refractivity contribution < 1.29 is 9.53 Å². The maximum absolute atomic E-state index is 12.0. The van der Waals surface area contributed by atoms with Crippen molar-refractivity contribution in [3.63, 3.8) is 0 Å². The van der Waals surface area contributed by atoms with Crippen molar-refractivity contribution in [2.24, 2.45) is 7.05 Å². The molecule has 9 heteroatoms. The molecule has 0 radical (unpaired) electrons. The molecule has 21 heavy (non-hydrogen) atoms. The number of rotatable bonds is 3. The highest BCUT2D eigenvalue weighted by Crippen LogP contribution is 2.27. The van der Waals surface area contributed by atoms with Crippen LogP contribution in [0.5, 0.6) is 0 Å². The van der Waals surface area contributed by atoms with Crippen LogP contribution in [0, 0.1) is 6.92 Å². The van der Waals surface area contributed by atoms with Gasteiger partial charge in [0.2, 0.25) is 5.13 Å². The number of aromatic nitrogens is 4. The Kier molecular flexibility index (Phi) is 3.84. The lowest BCUT2D eigenvalue weighted by Crippen LogP contribution is -2.40. The van der Waals surface area contributed by atoms with Gasteiger partial charge in [-0.05, 0) is 13.3 Å². The summed E-state index contributed by atoms with van der Waals surface area (Å²) < 4.78 is 7.59. The Morgan fingerprint density at radius 1 is 1.52 bits per heavy atom. The SMILES string of the molecule is Cc1nnc(NC(=O)N[C@H]2CCO[C@@H]2c2nccn2C)s1. The molecule has 2 aromatic heterocycles. The van der Waals surface area contributed by atoms with Gasteiger partial charge in [0.05, 0.1) is 6.04 Å². The number of anilines is 1. The maximum Gasteiger partial charge on any atom is 0.321 e. The zero-order chi connectivity index (χ0) is 14.8. The van der Waals surface area contributed by atoms with E-state index in [-0.39, 0.29) is 18.2 Å². The number of nitrogens with zero attached hydrogens (tertiary/aromatic N) is 4. The van der Waals surface area contributed by atoms with Gasteiger partial charge < -0.3 is 14.6 Å². The van der Waals surface area contributed by atoms with Crippen LogP contribution in [-0.4, -0.2) is 38.4 Å². The monoisotopic (exact) mass is 308 g/mol. The molecule has 2 amide bonds. The first-order valence-corrected chi connectivity index (χ1v) is 7.41. The molecule has 0 aliphatic carbocycles. The van der Waals surface area contributed by atoms with E-state index in [0.717, 1.165) is 17.3 Å². The van der Waals surface area contributed by atoms with Crippen LogP contribution in [0.3, 0.4) is 0 Å². The first kappa shape index (κ1) is 14.0. The Morgan fingerprint density at radius 3 is 3.05 bits per heavy atom. The number of aryl methyl sites for hydroxylation is 2. The molecule has 0 saturated carbocycles. The summed E-state index contributed by atoms with van der Waals surface area (Å²) in [6.45, 7) is 2.43. The van der Waals surface area contributed by atoms with E-state index < -0.39 is 0 Å². The normalized spacial score (nSPS) is 21.4. The van der Waals surface area contributed by atoms with Crippen molar-refractivity contribution in [3.05, 3.63) is 23.2 Å². The van der Waals surface area contributed by atoms with Crippen molar-refractivity contribution in [1.29, 1.82) is 0 Å². The minimum absolute atomic E-state index is 0.111. The van der Waals surface area contributed by atoms with E-state index in [4.69, 9.17) is 4.74 Å². The fraction of sp³-hybridized carbons (Fsp3) is 0.500. The third-order valence-corrected chi connectivity index (χ3v) is 4.02. The van der Waals surface area contributed by atoms with Gasteiger partial charge in [0.25, 0.3) is 0 Å². The highest BCUT2D eigenvalue weighted by Gasteiger charge is 2.33. The minimum atomic E-state index is -0.305. The fourth-order valence-electron chi connectivity index (χ4n) is 2.29. The number of carbonyl (C=O) groups excluding carboxylic acids is 1. The molecular weight excluding hydrogens is 292 g/mol. The van der Waals surface area contributed by atoms with Crippen molar-refractivity contribution in [2.45, 2.75) is 25.5 Å². The fourth-order valence-corrected chi connectivity index (χ4v) is 2.88. The highest BCUT2D eigenvalue weighted by atomic mass is 32.1. The number of nitrogens with one attached hydrogen (secondary N) is 2. The Hall–Kier alpha value is -2.00. The molecule has 1 aliphatic rings. The molecule has 112 valence electrons. The molecule has 0 unspecified atom stereocenters. The zero-order valence-electron chi connectivity index (χ0n) is 11.7. The number of carbonyl (C=O) groups is 1. The van der Waals surface area contributed by atoms with Crippen molar-refractivity contribution in [2.75, 3.05) is 11.9 Å². The van der Waals surface area contributed by atoms with Crippen LogP contribution in [-0.2, 0) is 11.8 Å². The highest BCUT2D eigenvalue weighted by molar-refractivity contribution is 7.15. The van der Waals surface area contributed by atoms with Crippen molar-refractivity contribution in [3.8, 4) is 0 Å². The number of ether oxygens (including phenoxy) is 1. The first-order chi connectivity index (χ1) is 10.1. The van der Waals surface area contributed by atoms with Crippen LogP contribution in [0.1, 0.15) is 23.4 Å². The van der Waals surface area contributed by atoms with Gasteiger partial charge in [-0.15, -0.1) is 10.2 Å².